The fraction of sp³-hybridized carbons (Fsp3) is 0.500. The van der Waals surface area contributed by atoms with Crippen LogP contribution in [0.15, 0.2) is 30.3 Å². The third kappa shape index (κ3) is 3.47. The number of methoxy groups -OCH3 is 1. The Bertz CT molecular complexity index is 418. The first-order valence-corrected chi connectivity index (χ1v) is 6.70. The molecule has 1 aromatic rings. The molecule has 0 bridgehead atoms. The van der Waals surface area contributed by atoms with E-state index in [0.29, 0.717) is 19.8 Å². The summed E-state index contributed by atoms with van der Waals surface area (Å²) in [6.45, 7) is 1.58. The van der Waals surface area contributed by atoms with Gasteiger partial charge in [-0.2, -0.15) is 0 Å². The van der Waals surface area contributed by atoms with Crippen LogP contribution in [0.5, 0.6) is 0 Å². The molecule has 1 aliphatic rings. The molecule has 0 radical (unpaired) electrons. The summed E-state index contributed by atoms with van der Waals surface area (Å²) in [5.41, 5.74) is 0.374. The fourth-order valence-corrected chi connectivity index (χ4v) is 2.29. The van der Waals surface area contributed by atoms with E-state index in [1.54, 1.807) is 7.11 Å². The standard InChI is InChI=1S/C14H18ClNO3/c1-18-14(7-8-19-10-14)9-16-13(17)12(15)11-5-3-2-4-6-11/h2-6,12H,7-10H2,1H3,(H,16,17). The molecule has 1 N–H and O–H groups in total. The number of rotatable bonds is 5. The van der Waals surface area contributed by atoms with Crippen LogP contribution >= 0.6 is 11.6 Å². The first kappa shape index (κ1) is 14.3. The summed E-state index contributed by atoms with van der Waals surface area (Å²) < 4.78 is 10.8. The lowest BCUT2D eigenvalue weighted by Crippen LogP contribution is -2.45. The van der Waals surface area contributed by atoms with Gasteiger partial charge in [-0.15, -0.1) is 11.6 Å². The van der Waals surface area contributed by atoms with Crippen LogP contribution in [0.1, 0.15) is 17.4 Å². The Hall–Kier alpha value is -1.10. The van der Waals surface area contributed by atoms with Gasteiger partial charge in [0, 0.05) is 26.7 Å². The van der Waals surface area contributed by atoms with Crippen molar-refractivity contribution in [3.05, 3.63) is 35.9 Å². The van der Waals surface area contributed by atoms with Crippen LogP contribution in [-0.2, 0) is 14.3 Å². The zero-order valence-electron chi connectivity index (χ0n) is 10.9. The lowest BCUT2D eigenvalue weighted by Gasteiger charge is -2.26. The second-order valence-electron chi connectivity index (χ2n) is 4.68. The van der Waals surface area contributed by atoms with Crippen LogP contribution in [0, 0.1) is 0 Å². The molecule has 0 spiro atoms. The third-order valence-corrected chi connectivity index (χ3v) is 3.86. The number of alkyl halides is 1. The van der Waals surface area contributed by atoms with Crippen LogP contribution < -0.4 is 5.32 Å². The second kappa shape index (κ2) is 6.37. The number of carbonyl (C=O) groups is 1. The molecule has 0 aromatic heterocycles. The van der Waals surface area contributed by atoms with Crippen LogP contribution in [0.2, 0.25) is 0 Å². The summed E-state index contributed by atoms with van der Waals surface area (Å²) in [6, 6.07) is 9.28. The normalized spacial score (nSPS) is 24.1. The van der Waals surface area contributed by atoms with E-state index in [1.807, 2.05) is 30.3 Å². The first-order valence-electron chi connectivity index (χ1n) is 6.26. The van der Waals surface area contributed by atoms with Gasteiger partial charge in [-0.3, -0.25) is 4.79 Å². The van der Waals surface area contributed by atoms with Gasteiger partial charge in [0.2, 0.25) is 5.91 Å². The highest BCUT2D eigenvalue weighted by atomic mass is 35.5. The van der Waals surface area contributed by atoms with Gasteiger partial charge in [0.15, 0.2) is 0 Å². The Balaban J connectivity index is 1.91. The molecule has 4 nitrogen and oxygen atoms in total. The van der Waals surface area contributed by atoms with Crippen molar-refractivity contribution in [1.82, 2.24) is 5.32 Å². The summed E-state index contributed by atoms with van der Waals surface area (Å²) in [6.07, 6.45) is 0.780. The van der Waals surface area contributed by atoms with Gasteiger partial charge < -0.3 is 14.8 Å². The van der Waals surface area contributed by atoms with E-state index >= 15 is 0 Å². The Morgan fingerprint density at radius 1 is 1.53 bits per heavy atom. The van der Waals surface area contributed by atoms with Gasteiger partial charge >= 0.3 is 0 Å². The topological polar surface area (TPSA) is 47.6 Å². The number of benzene rings is 1. The monoisotopic (exact) mass is 283 g/mol. The van der Waals surface area contributed by atoms with Gasteiger partial charge in [0.25, 0.3) is 0 Å². The summed E-state index contributed by atoms with van der Waals surface area (Å²) in [5.74, 6) is -0.212. The van der Waals surface area contributed by atoms with E-state index in [0.717, 1.165) is 12.0 Å². The summed E-state index contributed by atoms with van der Waals surface area (Å²) in [4.78, 5) is 12.0. The van der Waals surface area contributed by atoms with Crippen LogP contribution in [-0.4, -0.2) is 38.4 Å². The molecule has 0 saturated carbocycles. The van der Waals surface area contributed by atoms with E-state index in [2.05, 4.69) is 5.32 Å². The number of nitrogens with one attached hydrogen (secondary N) is 1. The highest BCUT2D eigenvalue weighted by molar-refractivity contribution is 6.30. The van der Waals surface area contributed by atoms with Crippen LogP contribution in [0.25, 0.3) is 0 Å². The molecule has 2 rings (SSSR count). The van der Waals surface area contributed by atoms with Crippen molar-refractivity contribution in [2.24, 2.45) is 0 Å². The number of carbonyl (C=O) groups excluding carboxylic acids is 1. The van der Waals surface area contributed by atoms with Crippen molar-refractivity contribution in [1.29, 1.82) is 0 Å². The van der Waals surface area contributed by atoms with E-state index in [9.17, 15) is 4.79 Å². The van der Waals surface area contributed by atoms with Crippen molar-refractivity contribution in [2.75, 3.05) is 26.9 Å². The third-order valence-electron chi connectivity index (χ3n) is 3.41. The second-order valence-corrected chi connectivity index (χ2v) is 5.12. The minimum absolute atomic E-state index is 0.212. The van der Waals surface area contributed by atoms with Gasteiger partial charge in [0.1, 0.15) is 11.0 Å². The summed E-state index contributed by atoms with van der Waals surface area (Å²) in [5, 5.41) is 2.16. The maximum atomic E-state index is 12.0. The molecule has 19 heavy (non-hydrogen) atoms. The Morgan fingerprint density at radius 3 is 2.84 bits per heavy atom. The van der Waals surface area contributed by atoms with Gasteiger partial charge in [0.05, 0.1) is 6.61 Å². The van der Waals surface area contributed by atoms with E-state index in [-0.39, 0.29) is 5.91 Å². The van der Waals surface area contributed by atoms with Crippen LogP contribution in [0.4, 0.5) is 0 Å². The summed E-state index contributed by atoms with van der Waals surface area (Å²) >= 11 is 6.15. The molecule has 1 aliphatic heterocycles. The molecule has 5 heteroatoms. The van der Waals surface area contributed by atoms with Crippen molar-refractivity contribution < 1.29 is 14.3 Å². The van der Waals surface area contributed by atoms with E-state index in [1.165, 1.54) is 0 Å². The Morgan fingerprint density at radius 2 is 2.26 bits per heavy atom. The molecule has 0 aliphatic carbocycles. The molecule has 1 heterocycles. The molecule has 2 atom stereocenters. The Kier molecular flexibility index (Phi) is 4.80. The van der Waals surface area contributed by atoms with Crippen molar-refractivity contribution in [3.63, 3.8) is 0 Å². The fourth-order valence-electron chi connectivity index (χ4n) is 2.07. The number of ether oxygens (including phenoxy) is 2. The quantitative estimate of drug-likeness (QED) is 0.840. The minimum atomic E-state index is -0.683. The Labute approximate surface area is 118 Å². The van der Waals surface area contributed by atoms with Crippen molar-refractivity contribution >= 4 is 17.5 Å². The molecule has 1 aromatic carbocycles. The molecule has 1 amide bonds. The van der Waals surface area contributed by atoms with Gasteiger partial charge in [-0.05, 0) is 5.56 Å². The molecule has 1 saturated heterocycles. The molecule has 104 valence electrons. The van der Waals surface area contributed by atoms with Crippen LogP contribution in [0.3, 0.4) is 0 Å². The minimum Gasteiger partial charge on any atom is -0.378 e. The van der Waals surface area contributed by atoms with Crippen molar-refractivity contribution in [2.45, 2.75) is 17.4 Å². The highest BCUT2D eigenvalue weighted by Gasteiger charge is 2.35. The average Bonchev–Trinajstić information content (AvgIpc) is 2.94. The lowest BCUT2D eigenvalue weighted by molar-refractivity contribution is -0.122. The zero-order valence-corrected chi connectivity index (χ0v) is 11.7. The zero-order chi connectivity index (χ0) is 13.7. The summed E-state index contributed by atoms with van der Waals surface area (Å²) in [7, 11) is 1.64. The van der Waals surface area contributed by atoms with Crippen molar-refractivity contribution in [3.8, 4) is 0 Å². The average molecular weight is 284 g/mol. The van der Waals surface area contributed by atoms with E-state index in [4.69, 9.17) is 21.1 Å². The maximum Gasteiger partial charge on any atom is 0.242 e. The number of halogens is 1. The smallest absolute Gasteiger partial charge is 0.242 e. The predicted molar refractivity (Wildman–Crippen MR) is 73.2 cm³/mol. The van der Waals surface area contributed by atoms with Gasteiger partial charge in [-0.25, -0.2) is 0 Å². The first-order chi connectivity index (χ1) is 9.17. The number of hydrogen-bond acceptors (Lipinski definition) is 3. The predicted octanol–water partition coefficient (Wildman–Crippen LogP) is 1.89. The SMILES string of the molecule is COC1(CNC(=O)C(Cl)c2ccccc2)CCOC1. The molecular formula is C14H18ClNO3. The number of amides is 1. The lowest BCUT2D eigenvalue weighted by atomic mass is 10.0. The van der Waals surface area contributed by atoms with Gasteiger partial charge in [-0.1, -0.05) is 30.3 Å². The molecular weight excluding hydrogens is 266 g/mol. The van der Waals surface area contributed by atoms with E-state index < -0.39 is 11.0 Å². The number of hydrogen-bond donors (Lipinski definition) is 1. The highest BCUT2D eigenvalue weighted by Crippen LogP contribution is 2.23. The largest absolute Gasteiger partial charge is 0.378 e. The maximum absolute atomic E-state index is 12.0. The molecule has 1 fully saturated rings. The molecule has 2 unspecified atom stereocenters.